The minimum absolute atomic E-state index is 0.569. The maximum absolute atomic E-state index is 6.21. The van der Waals surface area contributed by atoms with Crippen LogP contribution in [0.5, 0.6) is 0 Å². The Morgan fingerprint density at radius 2 is 1.75 bits per heavy atom. The topological polar surface area (TPSA) is 26.0 Å². The second kappa shape index (κ2) is 2.47. The summed E-state index contributed by atoms with van der Waals surface area (Å²) in [6.07, 6.45) is 8.77. The van der Waals surface area contributed by atoms with Crippen molar-refractivity contribution in [1.29, 1.82) is 0 Å². The molecule has 0 heterocycles. The molecule has 0 aromatic carbocycles. The van der Waals surface area contributed by atoms with E-state index in [9.17, 15) is 0 Å². The van der Waals surface area contributed by atoms with Gasteiger partial charge in [-0.15, -0.1) is 0 Å². The first kappa shape index (κ1) is 7.37. The first-order chi connectivity index (χ1) is 5.86. The lowest BCUT2D eigenvalue weighted by Gasteiger charge is -2.39. The van der Waals surface area contributed by atoms with E-state index < -0.39 is 0 Å². The highest BCUT2D eigenvalue weighted by atomic mass is 14.7. The Morgan fingerprint density at radius 3 is 2.58 bits per heavy atom. The van der Waals surface area contributed by atoms with Gasteiger partial charge in [0.1, 0.15) is 0 Å². The lowest BCUT2D eigenvalue weighted by Crippen LogP contribution is -2.41. The Labute approximate surface area is 74.7 Å². The average Bonchev–Trinajstić information content (AvgIpc) is 2.64. The Hall–Kier alpha value is -0.0400. The Kier molecular flexibility index (Phi) is 1.52. The molecular weight excluding hydrogens is 146 g/mol. The van der Waals surface area contributed by atoms with Crippen molar-refractivity contribution in [2.75, 3.05) is 0 Å². The van der Waals surface area contributed by atoms with E-state index in [1.807, 2.05) is 0 Å². The van der Waals surface area contributed by atoms with Gasteiger partial charge in [0.05, 0.1) is 0 Å². The van der Waals surface area contributed by atoms with Crippen molar-refractivity contribution in [3.8, 4) is 0 Å². The summed E-state index contributed by atoms with van der Waals surface area (Å²) in [7, 11) is 0. The van der Waals surface area contributed by atoms with Crippen molar-refractivity contribution >= 4 is 0 Å². The van der Waals surface area contributed by atoms with Crippen molar-refractivity contribution < 1.29 is 0 Å². The third-order valence-corrected chi connectivity index (χ3v) is 4.73. The smallest absolute Gasteiger partial charge is 0.00725 e. The summed E-state index contributed by atoms with van der Waals surface area (Å²) in [5.41, 5.74) is 6.21. The predicted molar refractivity (Wildman–Crippen MR) is 49.6 cm³/mol. The van der Waals surface area contributed by atoms with Gasteiger partial charge >= 0.3 is 0 Å². The van der Waals surface area contributed by atoms with Gasteiger partial charge < -0.3 is 5.73 Å². The van der Waals surface area contributed by atoms with Crippen LogP contribution < -0.4 is 5.73 Å². The zero-order chi connectivity index (χ0) is 8.13. The standard InChI is InChI=1S/C11H19N/c12-10-3-1-2-9-7-4-5-8(6-7)11(9)10/h7-11H,1-6,12H2/t7-,8+,9-,10?,11+/m0/s1. The summed E-state index contributed by atoms with van der Waals surface area (Å²) >= 11 is 0. The van der Waals surface area contributed by atoms with Gasteiger partial charge in [0.15, 0.2) is 0 Å². The van der Waals surface area contributed by atoms with Crippen LogP contribution in [0.25, 0.3) is 0 Å². The number of fused-ring (bicyclic) bond motifs is 5. The third kappa shape index (κ3) is 0.834. The van der Waals surface area contributed by atoms with Crippen LogP contribution in [0.1, 0.15) is 38.5 Å². The van der Waals surface area contributed by atoms with E-state index in [4.69, 9.17) is 5.73 Å². The molecule has 1 heteroatoms. The molecule has 2 bridgehead atoms. The number of rotatable bonds is 0. The van der Waals surface area contributed by atoms with Gasteiger partial charge in [-0.3, -0.25) is 0 Å². The molecule has 5 atom stereocenters. The Bertz CT molecular complexity index is 189. The highest BCUT2D eigenvalue weighted by Crippen LogP contribution is 2.56. The molecule has 68 valence electrons. The van der Waals surface area contributed by atoms with Crippen molar-refractivity contribution in [2.45, 2.75) is 44.6 Å². The highest BCUT2D eigenvalue weighted by Gasteiger charge is 2.50. The third-order valence-electron chi connectivity index (χ3n) is 4.73. The van der Waals surface area contributed by atoms with Gasteiger partial charge in [0, 0.05) is 6.04 Å². The van der Waals surface area contributed by atoms with Crippen molar-refractivity contribution in [2.24, 2.45) is 29.4 Å². The maximum Gasteiger partial charge on any atom is 0.00725 e. The average molecular weight is 165 g/mol. The van der Waals surface area contributed by atoms with Gasteiger partial charge in [-0.25, -0.2) is 0 Å². The van der Waals surface area contributed by atoms with E-state index in [1.54, 1.807) is 0 Å². The summed E-state index contributed by atoms with van der Waals surface area (Å²) < 4.78 is 0. The molecule has 0 aliphatic heterocycles. The van der Waals surface area contributed by atoms with Gasteiger partial charge in [-0.1, -0.05) is 6.42 Å². The fourth-order valence-corrected chi connectivity index (χ4v) is 4.33. The highest BCUT2D eigenvalue weighted by molar-refractivity contribution is 5.01. The summed E-state index contributed by atoms with van der Waals surface area (Å²) in [6, 6.07) is 0.569. The zero-order valence-electron chi connectivity index (χ0n) is 7.71. The molecule has 0 radical (unpaired) electrons. The summed E-state index contributed by atoms with van der Waals surface area (Å²) in [5, 5.41) is 0. The summed E-state index contributed by atoms with van der Waals surface area (Å²) in [6.45, 7) is 0. The molecule has 0 aromatic rings. The van der Waals surface area contributed by atoms with E-state index in [0.717, 1.165) is 23.7 Å². The first-order valence-electron chi connectivity index (χ1n) is 5.62. The molecule has 0 amide bonds. The molecule has 12 heavy (non-hydrogen) atoms. The van der Waals surface area contributed by atoms with Crippen molar-refractivity contribution in [1.82, 2.24) is 0 Å². The largest absolute Gasteiger partial charge is 0.327 e. The molecule has 0 saturated heterocycles. The zero-order valence-corrected chi connectivity index (χ0v) is 7.71. The van der Waals surface area contributed by atoms with Crippen LogP contribution in [-0.4, -0.2) is 6.04 Å². The molecule has 1 nitrogen and oxygen atoms in total. The molecule has 0 spiro atoms. The quantitative estimate of drug-likeness (QED) is 0.585. The van der Waals surface area contributed by atoms with Gasteiger partial charge in [0.25, 0.3) is 0 Å². The van der Waals surface area contributed by atoms with Gasteiger partial charge in [-0.2, -0.15) is 0 Å². The van der Waals surface area contributed by atoms with Crippen LogP contribution in [0, 0.1) is 23.7 Å². The molecular formula is C11H19N. The monoisotopic (exact) mass is 165 g/mol. The van der Waals surface area contributed by atoms with Crippen molar-refractivity contribution in [3.05, 3.63) is 0 Å². The fraction of sp³-hybridized carbons (Fsp3) is 1.00. The van der Waals surface area contributed by atoms with Crippen LogP contribution in [-0.2, 0) is 0 Å². The molecule has 3 saturated carbocycles. The lowest BCUT2D eigenvalue weighted by atomic mass is 9.69. The van der Waals surface area contributed by atoms with E-state index >= 15 is 0 Å². The number of hydrogen-bond donors (Lipinski definition) is 1. The van der Waals surface area contributed by atoms with Crippen LogP contribution >= 0.6 is 0 Å². The molecule has 3 rings (SSSR count). The molecule has 3 aliphatic rings. The van der Waals surface area contributed by atoms with Crippen LogP contribution in [0.3, 0.4) is 0 Å². The summed E-state index contributed by atoms with van der Waals surface area (Å²) in [4.78, 5) is 0. The van der Waals surface area contributed by atoms with Gasteiger partial charge in [0.2, 0.25) is 0 Å². The van der Waals surface area contributed by atoms with Crippen LogP contribution in [0.2, 0.25) is 0 Å². The maximum atomic E-state index is 6.21. The minimum atomic E-state index is 0.569. The Morgan fingerprint density at radius 1 is 0.917 bits per heavy atom. The van der Waals surface area contributed by atoms with Gasteiger partial charge in [-0.05, 0) is 55.8 Å². The van der Waals surface area contributed by atoms with E-state index in [-0.39, 0.29) is 0 Å². The lowest BCUT2D eigenvalue weighted by molar-refractivity contribution is 0.135. The molecule has 3 fully saturated rings. The van der Waals surface area contributed by atoms with E-state index in [1.165, 1.54) is 38.5 Å². The number of hydrogen-bond acceptors (Lipinski definition) is 1. The normalized spacial score (nSPS) is 57.2. The second-order valence-corrected chi connectivity index (χ2v) is 5.17. The molecule has 2 N–H and O–H groups in total. The van der Waals surface area contributed by atoms with E-state index in [2.05, 4.69) is 0 Å². The van der Waals surface area contributed by atoms with Crippen LogP contribution in [0.15, 0.2) is 0 Å². The fourth-order valence-electron chi connectivity index (χ4n) is 4.33. The summed E-state index contributed by atoms with van der Waals surface area (Å²) in [5.74, 6) is 4.12. The van der Waals surface area contributed by atoms with Crippen molar-refractivity contribution in [3.63, 3.8) is 0 Å². The SMILES string of the molecule is NC1CCC[C@H]2[C@H]3CC[C@H](C3)[C@@H]12. The first-order valence-corrected chi connectivity index (χ1v) is 5.62. The molecule has 3 aliphatic carbocycles. The number of nitrogens with two attached hydrogens (primary N) is 1. The second-order valence-electron chi connectivity index (χ2n) is 5.17. The molecule has 0 aromatic heterocycles. The van der Waals surface area contributed by atoms with E-state index in [0.29, 0.717) is 6.04 Å². The minimum Gasteiger partial charge on any atom is -0.327 e. The molecule has 1 unspecified atom stereocenters. The predicted octanol–water partition coefficient (Wildman–Crippen LogP) is 2.16. The van der Waals surface area contributed by atoms with Crippen LogP contribution in [0.4, 0.5) is 0 Å². The Balaban J connectivity index is 1.86.